The van der Waals surface area contributed by atoms with Gasteiger partial charge in [0.05, 0.1) is 18.3 Å². The lowest BCUT2D eigenvalue weighted by Gasteiger charge is -2.31. The Kier molecular flexibility index (Phi) is 3.66. The summed E-state index contributed by atoms with van der Waals surface area (Å²) < 4.78 is 10.5. The molecule has 1 aromatic rings. The Labute approximate surface area is 104 Å². The predicted molar refractivity (Wildman–Crippen MR) is 61.6 cm³/mol. The van der Waals surface area contributed by atoms with Gasteiger partial charge in [0.2, 0.25) is 0 Å². The van der Waals surface area contributed by atoms with Gasteiger partial charge >= 0.3 is 5.97 Å². The van der Waals surface area contributed by atoms with E-state index in [1.54, 1.807) is 4.90 Å². The van der Waals surface area contributed by atoms with Crippen molar-refractivity contribution in [3.05, 3.63) is 23.7 Å². The third kappa shape index (κ3) is 2.53. The number of carbonyl (C=O) groups is 2. The number of hydrogen-bond donors (Lipinski definition) is 1. The fourth-order valence-electron chi connectivity index (χ4n) is 1.87. The first-order chi connectivity index (χ1) is 8.61. The number of furan rings is 1. The molecule has 1 aliphatic rings. The summed E-state index contributed by atoms with van der Waals surface area (Å²) in [5, 5.41) is 8.77. The summed E-state index contributed by atoms with van der Waals surface area (Å²) in [5.41, 5.74) is -0.0151. The van der Waals surface area contributed by atoms with E-state index in [9.17, 15) is 9.59 Å². The zero-order valence-corrected chi connectivity index (χ0v) is 10.1. The van der Waals surface area contributed by atoms with Crippen LogP contribution in [-0.4, -0.2) is 47.7 Å². The molecular weight excluding hydrogens is 238 g/mol. The van der Waals surface area contributed by atoms with E-state index in [1.165, 1.54) is 6.07 Å². The van der Waals surface area contributed by atoms with Gasteiger partial charge in [-0.05, 0) is 6.42 Å². The molecule has 1 aliphatic heterocycles. The second kappa shape index (κ2) is 5.22. The van der Waals surface area contributed by atoms with Gasteiger partial charge < -0.3 is 19.2 Å². The van der Waals surface area contributed by atoms with Crippen LogP contribution in [0.4, 0.5) is 0 Å². The highest BCUT2D eigenvalue weighted by Gasteiger charge is 2.26. The summed E-state index contributed by atoms with van der Waals surface area (Å²) in [6, 6.07) is 1.25. The Bertz CT molecular complexity index is 453. The van der Waals surface area contributed by atoms with Crippen LogP contribution in [0.25, 0.3) is 0 Å². The summed E-state index contributed by atoms with van der Waals surface area (Å²) in [6.07, 6.45) is 1.95. The molecule has 1 fully saturated rings. The van der Waals surface area contributed by atoms with Crippen LogP contribution < -0.4 is 0 Å². The average Bonchev–Trinajstić information content (AvgIpc) is 2.87. The fourth-order valence-corrected chi connectivity index (χ4v) is 1.87. The Morgan fingerprint density at radius 1 is 1.56 bits per heavy atom. The molecule has 0 aliphatic carbocycles. The lowest BCUT2D eigenvalue weighted by molar-refractivity contribution is -0.0235. The molecule has 18 heavy (non-hydrogen) atoms. The van der Waals surface area contributed by atoms with Crippen LogP contribution in [0.2, 0.25) is 0 Å². The maximum absolute atomic E-state index is 12.1. The first-order valence-corrected chi connectivity index (χ1v) is 5.84. The molecule has 0 radical (unpaired) electrons. The fraction of sp³-hybridized carbons (Fsp3) is 0.500. The van der Waals surface area contributed by atoms with Crippen molar-refractivity contribution in [2.75, 3.05) is 19.7 Å². The summed E-state index contributed by atoms with van der Waals surface area (Å²) in [7, 11) is 0. The Morgan fingerprint density at radius 2 is 2.33 bits per heavy atom. The smallest absolute Gasteiger partial charge is 0.338 e. The van der Waals surface area contributed by atoms with Crippen molar-refractivity contribution in [2.24, 2.45) is 0 Å². The summed E-state index contributed by atoms with van der Waals surface area (Å²) in [4.78, 5) is 24.4. The first kappa shape index (κ1) is 12.6. The summed E-state index contributed by atoms with van der Waals surface area (Å²) in [6.45, 7) is 3.50. The molecule has 0 bridgehead atoms. The predicted octanol–water partition coefficient (Wildman–Crippen LogP) is 1.23. The van der Waals surface area contributed by atoms with Crippen molar-refractivity contribution < 1.29 is 23.8 Å². The number of hydrogen-bond acceptors (Lipinski definition) is 4. The number of carboxylic acid groups (broad SMARTS) is 1. The number of aromatic carboxylic acids is 1. The molecule has 1 N–H and O–H groups in total. The third-order valence-corrected chi connectivity index (χ3v) is 2.94. The normalized spacial score (nSPS) is 19.8. The highest BCUT2D eigenvalue weighted by Crippen LogP contribution is 2.14. The van der Waals surface area contributed by atoms with E-state index in [4.69, 9.17) is 14.3 Å². The van der Waals surface area contributed by atoms with Crippen LogP contribution in [-0.2, 0) is 4.74 Å². The topological polar surface area (TPSA) is 80.0 Å². The van der Waals surface area contributed by atoms with Gasteiger partial charge in [-0.2, -0.15) is 0 Å². The van der Waals surface area contributed by atoms with Gasteiger partial charge in [-0.25, -0.2) is 4.79 Å². The van der Waals surface area contributed by atoms with Crippen LogP contribution in [0.15, 0.2) is 16.7 Å². The van der Waals surface area contributed by atoms with E-state index in [0.29, 0.717) is 19.7 Å². The monoisotopic (exact) mass is 253 g/mol. The minimum atomic E-state index is -1.11. The largest absolute Gasteiger partial charge is 0.478 e. The molecule has 1 amide bonds. The highest BCUT2D eigenvalue weighted by atomic mass is 16.5. The Balaban J connectivity index is 2.07. The molecule has 1 saturated heterocycles. The molecule has 98 valence electrons. The first-order valence-electron chi connectivity index (χ1n) is 5.84. The van der Waals surface area contributed by atoms with Crippen LogP contribution in [0.3, 0.4) is 0 Å². The highest BCUT2D eigenvalue weighted by molar-refractivity contribution is 5.95. The van der Waals surface area contributed by atoms with E-state index in [-0.39, 0.29) is 23.3 Å². The molecule has 0 spiro atoms. The molecule has 0 saturated carbocycles. The molecule has 1 unspecified atom stereocenters. The van der Waals surface area contributed by atoms with E-state index in [1.807, 2.05) is 6.92 Å². The lowest BCUT2D eigenvalue weighted by atomic mass is 10.2. The number of carboxylic acids is 1. The average molecular weight is 253 g/mol. The molecule has 6 heteroatoms. The quantitative estimate of drug-likeness (QED) is 0.876. The Morgan fingerprint density at radius 3 is 2.94 bits per heavy atom. The van der Waals surface area contributed by atoms with Crippen molar-refractivity contribution in [1.82, 2.24) is 4.90 Å². The molecule has 2 rings (SSSR count). The number of morpholine rings is 1. The van der Waals surface area contributed by atoms with Gasteiger partial charge in [-0.3, -0.25) is 4.79 Å². The van der Waals surface area contributed by atoms with Crippen LogP contribution in [0.1, 0.15) is 34.3 Å². The van der Waals surface area contributed by atoms with Gasteiger partial charge in [-0.15, -0.1) is 0 Å². The molecule has 1 aromatic heterocycles. The number of ether oxygens (including phenoxy) is 1. The van der Waals surface area contributed by atoms with Crippen LogP contribution in [0, 0.1) is 0 Å². The zero-order chi connectivity index (χ0) is 13.1. The number of amides is 1. The van der Waals surface area contributed by atoms with Crippen molar-refractivity contribution >= 4 is 11.9 Å². The lowest BCUT2D eigenvalue weighted by Crippen LogP contribution is -2.45. The van der Waals surface area contributed by atoms with Crippen molar-refractivity contribution in [2.45, 2.75) is 19.4 Å². The van der Waals surface area contributed by atoms with Crippen LogP contribution in [0.5, 0.6) is 0 Å². The number of nitrogens with zero attached hydrogens (tertiary/aromatic N) is 1. The maximum Gasteiger partial charge on any atom is 0.338 e. The van der Waals surface area contributed by atoms with Crippen molar-refractivity contribution in [3.63, 3.8) is 0 Å². The minimum absolute atomic E-state index is 0.0151. The van der Waals surface area contributed by atoms with E-state index >= 15 is 0 Å². The molecular formula is C12H15NO5. The number of carbonyl (C=O) groups excluding carboxylic acids is 1. The maximum atomic E-state index is 12.1. The zero-order valence-electron chi connectivity index (χ0n) is 10.1. The molecule has 2 heterocycles. The van der Waals surface area contributed by atoms with Gasteiger partial charge in [0, 0.05) is 19.2 Å². The van der Waals surface area contributed by atoms with Gasteiger partial charge in [0.25, 0.3) is 5.91 Å². The van der Waals surface area contributed by atoms with Gasteiger partial charge in [-0.1, -0.05) is 6.92 Å². The number of rotatable bonds is 3. The molecule has 0 aromatic carbocycles. The van der Waals surface area contributed by atoms with Crippen LogP contribution >= 0.6 is 0 Å². The molecule has 1 atom stereocenters. The molecule has 6 nitrogen and oxygen atoms in total. The third-order valence-electron chi connectivity index (χ3n) is 2.94. The van der Waals surface area contributed by atoms with E-state index in [2.05, 4.69) is 0 Å². The van der Waals surface area contributed by atoms with Crippen molar-refractivity contribution in [1.29, 1.82) is 0 Å². The van der Waals surface area contributed by atoms with Gasteiger partial charge in [0.1, 0.15) is 6.26 Å². The Hall–Kier alpha value is -1.82. The van der Waals surface area contributed by atoms with E-state index in [0.717, 1.165) is 12.7 Å². The SMILES string of the molecule is CCC1CN(C(=O)c2cc(C(=O)O)co2)CCO1. The van der Waals surface area contributed by atoms with E-state index < -0.39 is 5.97 Å². The standard InChI is InChI=1S/C12H15NO5/c1-2-9-6-13(3-4-17-9)11(14)10-5-8(7-18-10)12(15)16/h5,7,9H,2-4,6H2,1H3,(H,15,16). The summed E-state index contributed by atoms with van der Waals surface area (Å²) >= 11 is 0. The summed E-state index contributed by atoms with van der Waals surface area (Å²) in [5.74, 6) is -1.33. The minimum Gasteiger partial charge on any atom is -0.478 e. The second-order valence-corrected chi connectivity index (χ2v) is 4.16. The van der Waals surface area contributed by atoms with Gasteiger partial charge in [0.15, 0.2) is 5.76 Å². The second-order valence-electron chi connectivity index (χ2n) is 4.16. The van der Waals surface area contributed by atoms with Crippen molar-refractivity contribution in [3.8, 4) is 0 Å².